The zero-order valence-electron chi connectivity index (χ0n) is 13.6. The Labute approximate surface area is 172 Å². The molecule has 0 bridgehead atoms. The quantitative estimate of drug-likeness (QED) is 0.438. The third-order valence-electron chi connectivity index (χ3n) is 3.55. The molecular formula is C16H12NNaO6S2. The summed E-state index contributed by atoms with van der Waals surface area (Å²) in [6, 6.07) is 13.6. The van der Waals surface area contributed by atoms with Gasteiger partial charge < -0.3 is 9.66 Å². The van der Waals surface area contributed by atoms with Gasteiger partial charge in [0.1, 0.15) is 15.9 Å². The first-order valence-electron chi connectivity index (χ1n) is 6.98. The van der Waals surface area contributed by atoms with Crippen molar-refractivity contribution in [2.45, 2.75) is 9.79 Å². The van der Waals surface area contributed by atoms with Gasteiger partial charge in [0.15, 0.2) is 0 Å². The number of phenolic OH excluding ortho intramolecular Hbond substituents is 1. The number of nitrogens with one attached hydrogen (secondary N) is 1. The number of anilines is 1. The molecule has 10 heteroatoms. The van der Waals surface area contributed by atoms with Gasteiger partial charge in [0, 0.05) is 10.8 Å². The second-order valence-electron chi connectivity index (χ2n) is 5.21. The Morgan fingerprint density at radius 1 is 0.808 bits per heavy atom. The van der Waals surface area contributed by atoms with Gasteiger partial charge in [-0.2, -0.15) is 0 Å². The minimum Gasteiger partial charge on any atom is -0.744 e. The summed E-state index contributed by atoms with van der Waals surface area (Å²) in [6.07, 6.45) is 0. The summed E-state index contributed by atoms with van der Waals surface area (Å²) >= 11 is 0. The number of aromatic hydroxyl groups is 1. The molecule has 0 fully saturated rings. The predicted molar refractivity (Wildman–Crippen MR) is 90.8 cm³/mol. The molecule has 0 radical (unpaired) electrons. The first-order chi connectivity index (χ1) is 11.7. The van der Waals surface area contributed by atoms with Crippen LogP contribution in [0.15, 0.2) is 70.5 Å². The van der Waals surface area contributed by atoms with Crippen LogP contribution in [0.4, 0.5) is 5.69 Å². The standard InChI is InChI=1S/C16H13NO6S2.Na/c18-16-9-3-6-13-14(16)7-2-8-15(13)17-24(19,20)11-4-1-5-12(10-11)25(21,22)23;/h1-10,17-18H,(H,21,22,23);/q;+1/p-1. The summed E-state index contributed by atoms with van der Waals surface area (Å²) in [5.41, 5.74) is 0.212. The molecule has 3 aromatic carbocycles. The molecule has 3 rings (SSSR count). The van der Waals surface area contributed by atoms with Crippen molar-refractivity contribution in [3.05, 3.63) is 60.7 Å². The molecule has 0 aliphatic rings. The number of phenols is 1. The number of rotatable bonds is 4. The maximum Gasteiger partial charge on any atom is 1.00 e. The first-order valence-corrected chi connectivity index (χ1v) is 9.87. The van der Waals surface area contributed by atoms with Crippen LogP contribution in [0.25, 0.3) is 10.8 Å². The van der Waals surface area contributed by atoms with Gasteiger partial charge in [0.25, 0.3) is 10.0 Å². The van der Waals surface area contributed by atoms with Crippen LogP contribution in [0.5, 0.6) is 5.75 Å². The van der Waals surface area contributed by atoms with Gasteiger partial charge in [-0.05, 0) is 30.3 Å². The summed E-state index contributed by atoms with van der Waals surface area (Å²) in [5, 5.41) is 10.8. The molecule has 0 aliphatic heterocycles. The van der Waals surface area contributed by atoms with Gasteiger partial charge >= 0.3 is 29.6 Å². The molecule has 0 spiro atoms. The average Bonchev–Trinajstić information content (AvgIpc) is 2.55. The van der Waals surface area contributed by atoms with E-state index in [4.69, 9.17) is 0 Å². The van der Waals surface area contributed by atoms with Crippen LogP contribution in [-0.2, 0) is 20.1 Å². The van der Waals surface area contributed by atoms with Crippen molar-refractivity contribution in [3.63, 3.8) is 0 Å². The Morgan fingerprint density at radius 2 is 1.38 bits per heavy atom. The number of fused-ring (bicyclic) bond motifs is 1. The predicted octanol–water partition coefficient (Wildman–Crippen LogP) is -0.746. The van der Waals surface area contributed by atoms with Crippen LogP contribution < -0.4 is 34.3 Å². The van der Waals surface area contributed by atoms with Gasteiger partial charge in [0.2, 0.25) is 0 Å². The van der Waals surface area contributed by atoms with E-state index >= 15 is 0 Å². The van der Waals surface area contributed by atoms with Gasteiger partial charge in [0.05, 0.1) is 15.5 Å². The topological polar surface area (TPSA) is 124 Å². The third-order valence-corrected chi connectivity index (χ3v) is 5.74. The monoisotopic (exact) mass is 401 g/mol. The Morgan fingerprint density at radius 3 is 2.08 bits per heavy atom. The molecule has 2 N–H and O–H groups in total. The molecule has 0 saturated heterocycles. The van der Waals surface area contributed by atoms with Gasteiger partial charge in [-0.15, -0.1) is 0 Å². The smallest absolute Gasteiger partial charge is 0.744 e. The fraction of sp³-hybridized carbons (Fsp3) is 0. The van der Waals surface area contributed by atoms with E-state index in [0.29, 0.717) is 10.8 Å². The number of sulfonamides is 1. The minimum absolute atomic E-state index is 0. The van der Waals surface area contributed by atoms with Crippen LogP contribution in [0.2, 0.25) is 0 Å². The molecule has 0 heterocycles. The molecule has 0 atom stereocenters. The molecule has 26 heavy (non-hydrogen) atoms. The van der Waals surface area contributed by atoms with Gasteiger partial charge in [-0.3, -0.25) is 4.72 Å². The van der Waals surface area contributed by atoms with Crippen LogP contribution >= 0.6 is 0 Å². The van der Waals surface area contributed by atoms with Crippen molar-refractivity contribution in [2.75, 3.05) is 4.72 Å². The van der Waals surface area contributed by atoms with E-state index in [2.05, 4.69) is 4.72 Å². The molecule has 0 aromatic heterocycles. The number of benzene rings is 3. The zero-order valence-corrected chi connectivity index (χ0v) is 17.2. The van der Waals surface area contributed by atoms with Crippen LogP contribution in [0.1, 0.15) is 0 Å². The summed E-state index contributed by atoms with van der Waals surface area (Å²) in [6.45, 7) is 0. The maximum atomic E-state index is 12.5. The second kappa shape index (κ2) is 7.55. The van der Waals surface area contributed by atoms with Crippen molar-refractivity contribution >= 4 is 36.6 Å². The van der Waals surface area contributed by atoms with Crippen molar-refractivity contribution in [1.82, 2.24) is 0 Å². The molecule has 3 aromatic rings. The Bertz CT molecular complexity index is 1180. The van der Waals surface area contributed by atoms with Crippen molar-refractivity contribution < 1.29 is 56.1 Å². The molecular weight excluding hydrogens is 389 g/mol. The van der Waals surface area contributed by atoms with Crippen LogP contribution in [0, 0.1) is 0 Å². The SMILES string of the molecule is O=S(=O)([O-])c1cccc(S(=O)(=O)Nc2cccc3c(O)cccc23)c1.[Na+]. The molecule has 0 saturated carbocycles. The third kappa shape index (κ3) is 4.20. The van der Waals surface area contributed by atoms with E-state index in [1.165, 1.54) is 24.3 Å². The summed E-state index contributed by atoms with van der Waals surface area (Å²) in [7, 11) is -8.91. The zero-order chi connectivity index (χ0) is 18.2. The molecule has 7 nitrogen and oxygen atoms in total. The molecule has 0 aliphatic carbocycles. The van der Waals surface area contributed by atoms with E-state index in [9.17, 15) is 26.5 Å². The maximum absolute atomic E-state index is 12.5. The number of hydrogen-bond acceptors (Lipinski definition) is 6. The summed E-state index contributed by atoms with van der Waals surface area (Å²) in [4.78, 5) is -0.993. The molecule has 0 amide bonds. The first kappa shape index (κ1) is 20.7. The van der Waals surface area contributed by atoms with Gasteiger partial charge in [-0.1, -0.05) is 30.3 Å². The van der Waals surface area contributed by atoms with E-state index in [1.807, 2.05) is 0 Å². The summed E-state index contributed by atoms with van der Waals surface area (Å²) in [5.74, 6) is -0.00186. The Hall–Kier alpha value is -1.62. The van der Waals surface area contributed by atoms with E-state index in [0.717, 1.165) is 12.1 Å². The average molecular weight is 401 g/mol. The number of hydrogen-bond donors (Lipinski definition) is 2. The second-order valence-corrected chi connectivity index (χ2v) is 8.27. The van der Waals surface area contributed by atoms with Crippen molar-refractivity contribution in [2.24, 2.45) is 0 Å². The largest absolute Gasteiger partial charge is 1.00 e. The molecule has 130 valence electrons. The van der Waals surface area contributed by atoms with Crippen LogP contribution in [0.3, 0.4) is 0 Å². The van der Waals surface area contributed by atoms with Gasteiger partial charge in [-0.25, -0.2) is 16.8 Å². The fourth-order valence-electron chi connectivity index (χ4n) is 2.38. The van der Waals surface area contributed by atoms with Crippen molar-refractivity contribution in [1.29, 1.82) is 0 Å². The Balaban J connectivity index is 0.00000243. The normalized spacial score (nSPS) is 11.7. The van der Waals surface area contributed by atoms with E-state index < -0.39 is 25.0 Å². The van der Waals surface area contributed by atoms with Crippen LogP contribution in [-0.4, -0.2) is 26.5 Å². The fourth-order valence-corrected chi connectivity index (χ4v) is 4.10. The minimum atomic E-state index is -4.77. The van der Waals surface area contributed by atoms with E-state index in [-0.39, 0.29) is 45.9 Å². The van der Waals surface area contributed by atoms with Crippen molar-refractivity contribution in [3.8, 4) is 5.75 Å². The summed E-state index contributed by atoms with van der Waals surface area (Å²) < 4.78 is 60.7. The Kier molecular flexibility index (Phi) is 6.01. The van der Waals surface area contributed by atoms with E-state index in [1.54, 1.807) is 24.3 Å². The molecule has 0 unspecified atom stereocenters.